The minimum Gasteiger partial charge on any atom is -0.394 e. The lowest BCUT2D eigenvalue weighted by Gasteiger charge is -2.17. The van der Waals surface area contributed by atoms with Crippen LogP contribution in [0.15, 0.2) is 71.8 Å². The van der Waals surface area contributed by atoms with Crippen LogP contribution in [0, 0.1) is 0 Å². The number of fused-ring (bicyclic) bond motifs is 1. The summed E-state index contributed by atoms with van der Waals surface area (Å²) in [6.45, 7) is 3.29. The molecule has 0 saturated carbocycles. The molecule has 1 amide bonds. The Labute approximate surface area is 228 Å². The number of benzene rings is 2. The van der Waals surface area contributed by atoms with Gasteiger partial charge in [0.1, 0.15) is 5.69 Å². The number of nitrogens with zero attached hydrogens (tertiary/aromatic N) is 2. The number of halogens is 3. The van der Waals surface area contributed by atoms with Gasteiger partial charge in [-0.25, -0.2) is 8.42 Å². The molecule has 0 aliphatic carbocycles. The lowest BCUT2D eigenvalue weighted by atomic mass is 10.1. The van der Waals surface area contributed by atoms with Crippen molar-refractivity contribution in [2.75, 3.05) is 12.4 Å². The molecular weight excluding hydrogens is 547 g/mol. The average Bonchev–Trinajstić information content (AvgIpc) is 3.33. The minimum atomic E-state index is -4.57. The van der Waals surface area contributed by atoms with Gasteiger partial charge in [-0.3, -0.25) is 14.6 Å². The molecule has 0 spiro atoms. The van der Waals surface area contributed by atoms with Crippen LogP contribution in [0.4, 0.5) is 13.2 Å². The highest BCUT2D eigenvalue weighted by Gasteiger charge is 2.31. The fourth-order valence-electron chi connectivity index (χ4n) is 4.32. The van der Waals surface area contributed by atoms with Crippen molar-refractivity contribution in [3.63, 3.8) is 0 Å². The molecule has 2 aromatic heterocycles. The average molecular weight is 574 g/mol. The molecule has 1 atom stereocenters. The summed E-state index contributed by atoms with van der Waals surface area (Å²) in [5.41, 5.74) is 0.501. The van der Waals surface area contributed by atoms with E-state index < -0.39 is 45.9 Å². The van der Waals surface area contributed by atoms with E-state index in [1.807, 2.05) is 0 Å². The predicted octanol–water partition coefficient (Wildman–Crippen LogP) is 4.56. The second-order valence-corrected chi connectivity index (χ2v) is 11.3. The number of carbonyl (C=O) groups excluding carboxylic acids is 2. The van der Waals surface area contributed by atoms with E-state index in [0.29, 0.717) is 29.2 Å². The molecule has 0 unspecified atom stereocenters. The molecule has 40 heavy (non-hydrogen) atoms. The zero-order chi connectivity index (χ0) is 29.2. The van der Waals surface area contributed by atoms with E-state index in [1.165, 1.54) is 31.2 Å². The number of aryl methyl sites for hydroxylation is 1. The Hall–Kier alpha value is -4.03. The first kappa shape index (κ1) is 29.0. The van der Waals surface area contributed by atoms with E-state index in [4.69, 9.17) is 0 Å². The van der Waals surface area contributed by atoms with Crippen molar-refractivity contribution >= 4 is 32.4 Å². The monoisotopic (exact) mass is 573 g/mol. The molecular formula is C28H26F3N3O5S. The first-order valence-electron chi connectivity index (χ1n) is 12.3. The molecule has 2 heterocycles. The van der Waals surface area contributed by atoms with Crippen molar-refractivity contribution < 1.29 is 36.3 Å². The molecule has 210 valence electrons. The van der Waals surface area contributed by atoms with Gasteiger partial charge in [-0.05, 0) is 61.0 Å². The largest absolute Gasteiger partial charge is 0.417 e. The number of nitrogens with one attached hydrogen (secondary N) is 1. The number of alkyl halides is 3. The zero-order valence-corrected chi connectivity index (χ0v) is 22.4. The van der Waals surface area contributed by atoms with Crippen LogP contribution in [0.1, 0.15) is 57.6 Å². The zero-order valence-electron chi connectivity index (χ0n) is 21.6. The summed E-state index contributed by atoms with van der Waals surface area (Å²) in [5.74, 6) is -1.12. The van der Waals surface area contributed by atoms with Gasteiger partial charge in [0.2, 0.25) is 5.78 Å². The molecule has 0 aliphatic rings. The first-order chi connectivity index (χ1) is 18.9. The number of rotatable bonds is 9. The third-order valence-electron chi connectivity index (χ3n) is 6.55. The minimum absolute atomic E-state index is 0.0527. The van der Waals surface area contributed by atoms with Gasteiger partial charge in [0.15, 0.2) is 9.84 Å². The number of hydrogen-bond donors (Lipinski definition) is 2. The third kappa shape index (κ3) is 5.77. The summed E-state index contributed by atoms with van der Waals surface area (Å²) in [6.07, 6.45) is -3.96. The SMILES string of the molecule is CCn1c(C(=O)c2ccc(C(F)(F)F)cn2)cc2cc(C(=O)N[C@@H](CO)c3ccc(S(=O)(=O)CC)cc3)ccc21. The van der Waals surface area contributed by atoms with E-state index in [9.17, 15) is 36.3 Å². The van der Waals surface area contributed by atoms with Crippen molar-refractivity contribution in [1.82, 2.24) is 14.9 Å². The number of aromatic nitrogens is 2. The number of aliphatic hydroxyl groups excluding tert-OH is 1. The molecule has 0 bridgehead atoms. The molecule has 12 heteroatoms. The van der Waals surface area contributed by atoms with Crippen LogP contribution in [-0.4, -0.2) is 47.1 Å². The Morgan fingerprint density at radius 1 is 1.02 bits per heavy atom. The van der Waals surface area contributed by atoms with Gasteiger partial charge < -0.3 is 15.0 Å². The van der Waals surface area contributed by atoms with Gasteiger partial charge in [0.05, 0.1) is 34.6 Å². The van der Waals surface area contributed by atoms with Crippen LogP contribution in [0.5, 0.6) is 0 Å². The second-order valence-electron chi connectivity index (χ2n) is 8.99. The van der Waals surface area contributed by atoms with E-state index in [0.717, 1.165) is 12.1 Å². The summed E-state index contributed by atoms with van der Waals surface area (Å²) in [6, 6.07) is 13.3. The maximum absolute atomic E-state index is 13.1. The van der Waals surface area contributed by atoms with E-state index in [-0.39, 0.29) is 27.6 Å². The van der Waals surface area contributed by atoms with Crippen LogP contribution >= 0.6 is 0 Å². The van der Waals surface area contributed by atoms with Crippen LogP contribution in [-0.2, 0) is 22.6 Å². The van der Waals surface area contributed by atoms with Crippen molar-refractivity contribution in [3.05, 3.63) is 94.9 Å². The summed E-state index contributed by atoms with van der Waals surface area (Å²) < 4.78 is 64.4. The number of aliphatic hydroxyl groups is 1. The molecule has 4 rings (SSSR count). The quantitative estimate of drug-likeness (QED) is 0.284. The standard InChI is InChI=1S/C28H26F3N3O5S/c1-3-34-24-12-7-18(27(37)33-23(16-35)17-5-9-21(10-6-17)40(38,39)4-2)13-19(24)14-25(34)26(36)22-11-8-20(15-32-22)28(29,30)31/h5-15,23,35H,3-4,16H2,1-2H3,(H,33,37)/t23-/m0/s1. The highest BCUT2D eigenvalue weighted by atomic mass is 32.2. The van der Waals surface area contributed by atoms with Gasteiger partial charge >= 0.3 is 6.18 Å². The van der Waals surface area contributed by atoms with Crippen LogP contribution in [0.25, 0.3) is 10.9 Å². The summed E-state index contributed by atoms with van der Waals surface area (Å²) in [7, 11) is -3.39. The normalized spacial score (nSPS) is 12.8. The van der Waals surface area contributed by atoms with E-state index >= 15 is 0 Å². The lowest BCUT2D eigenvalue weighted by Crippen LogP contribution is -2.30. The molecule has 2 N–H and O–H groups in total. The number of hydrogen-bond acceptors (Lipinski definition) is 6. The first-order valence-corrected chi connectivity index (χ1v) is 14.0. The third-order valence-corrected chi connectivity index (χ3v) is 8.30. The molecule has 0 saturated heterocycles. The van der Waals surface area contributed by atoms with Crippen molar-refractivity contribution in [1.29, 1.82) is 0 Å². The van der Waals surface area contributed by atoms with Crippen LogP contribution in [0.3, 0.4) is 0 Å². The Morgan fingerprint density at radius 3 is 2.27 bits per heavy atom. The Morgan fingerprint density at radius 2 is 1.73 bits per heavy atom. The van der Waals surface area contributed by atoms with Crippen molar-refractivity contribution in [3.8, 4) is 0 Å². The molecule has 0 radical (unpaired) electrons. The number of carbonyl (C=O) groups is 2. The van der Waals surface area contributed by atoms with E-state index in [2.05, 4.69) is 10.3 Å². The van der Waals surface area contributed by atoms with E-state index in [1.54, 1.807) is 35.8 Å². The summed E-state index contributed by atoms with van der Waals surface area (Å²) in [5, 5.41) is 13.2. The highest BCUT2D eigenvalue weighted by molar-refractivity contribution is 7.91. The fraction of sp³-hybridized carbons (Fsp3) is 0.250. The summed E-state index contributed by atoms with van der Waals surface area (Å²) in [4.78, 5) is 30.0. The molecule has 0 aliphatic heterocycles. The Balaban J connectivity index is 1.59. The van der Waals surface area contributed by atoms with Gasteiger partial charge in [0.25, 0.3) is 5.91 Å². The van der Waals surface area contributed by atoms with Crippen LogP contribution < -0.4 is 5.32 Å². The highest BCUT2D eigenvalue weighted by Crippen LogP contribution is 2.29. The molecule has 0 fully saturated rings. The van der Waals surface area contributed by atoms with Gasteiger partial charge in [-0.15, -0.1) is 0 Å². The lowest BCUT2D eigenvalue weighted by molar-refractivity contribution is -0.137. The topological polar surface area (TPSA) is 118 Å². The van der Waals surface area contributed by atoms with Gasteiger partial charge in [-0.2, -0.15) is 13.2 Å². The molecule has 8 nitrogen and oxygen atoms in total. The van der Waals surface area contributed by atoms with Crippen molar-refractivity contribution in [2.24, 2.45) is 0 Å². The molecule has 4 aromatic rings. The summed E-state index contributed by atoms with van der Waals surface area (Å²) >= 11 is 0. The smallest absolute Gasteiger partial charge is 0.394 e. The van der Waals surface area contributed by atoms with Gasteiger partial charge in [-0.1, -0.05) is 19.1 Å². The number of amides is 1. The molecule has 2 aromatic carbocycles. The van der Waals surface area contributed by atoms with Gasteiger partial charge in [0, 0.05) is 29.2 Å². The maximum Gasteiger partial charge on any atom is 0.417 e. The predicted molar refractivity (Wildman–Crippen MR) is 142 cm³/mol. The Bertz CT molecular complexity index is 1660. The fourth-order valence-corrected chi connectivity index (χ4v) is 5.20. The Kier molecular flexibility index (Phi) is 8.13. The number of pyridine rings is 1. The van der Waals surface area contributed by atoms with Crippen LogP contribution in [0.2, 0.25) is 0 Å². The number of sulfone groups is 1. The number of ketones is 1. The second kappa shape index (κ2) is 11.2. The maximum atomic E-state index is 13.1. The van der Waals surface area contributed by atoms with Crippen molar-refractivity contribution in [2.45, 2.75) is 37.5 Å².